The van der Waals surface area contributed by atoms with Gasteiger partial charge in [0.1, 0.15) is 0 Å². The Morgan fingerprint density at radius 2 is 1.52 bits per heavy atom. The summed E-state index contributed by atoms with van der Waals surface area (Å²) in [7, 11) is 0. The fraction of sp³-hybridized carbons (Fsp3) is 0.182. The molecule has 122 valence electrons. The lowest BCUT2D eigenvalue weighted by Crippen LogP contribution is -2.15. The van der Waals surface area contributed by atoms with E-state index in [-0.39, 0.29) is 5.41 Å². The highest BCUT2D eigenvalue weighted by atomic mass is 16.6. The number of esters is 2. The van der Waals surface area contributed by atoms with Crippen LogP contribution in [0.2, 0.25) is 0 Å². The van der Waals surface area contributed by atoms with Crippen molar-refractivity contribution in [2.45, 2.75) is 26.2 Å². The van der Waals surface area contributed by atoms with Crippen molar-refractivity contribution < 1.29 is 14.3 Å². The van der Waals surface area contributed by atoms with Gasteiger partial charge in [-0.25, -0.2) is 9.59 Å². The number of benzene rings is 3. The maximum absolute atomic E-state index is 12.4. The Morgan fingerprint density at radius 1 is 0.800 bits per heavy atom. The SMILES string of the molecule is Cc1cc2c(c3ccccc13)-c1c(ccc3c1C(=O)OC3=O)C2(C)C. The summed E-state index contributed by atoms with van der Waals surface area (Å²) in [5.74, 6) is -1.09. The van der Waals surface area contributed by atoms with Crippen LogP contribution in [0, 0.1) is 6.92 Å². The highest BCUT2D eigenvalue weighted by Gasteiger charge is 2.43. The number of carbonyl (C=O) groups is 2. The minimum absolute atomic E-state index is 0.236. The Balaban J connectivity index is 2.03. The van der Waals surface area contributed by atoms with Crippen LogP contribution in [0.1, 0.15) is 51.3 Å². The Bertz CT molecular complexity index is 1140. The number of fused-ring (bicyclic) bond motifs is 7. The molecule has 0 saturated heterocycles. The fourth-order valence-corrected chi connectivity index (χ4v) is 4.42. The van der Waals surface area contributed by atoms with Crippen LogP contribution in [-0.2, 0) is 10.2 Å². The molecule has 0 N–H and O–H groups in total. The molecule has 0 radical (unpaired) electrons. The first-order chi connectivity index (χ1) is 11.9. The first-order valence-electron chi connectivity index (χ1n) is 8.38. The second-order valence-corrected chi connectivity index (χ2v) is 7.37. The minimum Gasteiger partial charge on any atom is -0.386 e. The van der Waals surface area contributed by atoms with Crippen molar-refractivity contribution in [3.63, 3.8) is 0 Å². The molecule has 3 aromatic carbocycles. The average molecular weight is 328 g/mol. The predicted octanol–water partition coefficient (Wildman–Crippen LogP) is 4.77. The van der Waals surface area contributed by atoms with E-state index in [4.69, 9.17) is 4.74 Å². The average Bonchev–Trinajstić information content (AvgIpc) is 3.00. The van der Waals surface area contributed by atoms with Gasteiger partial charge in [0.15, 0.2) is 0 Å². The zero-order valence-corrected chi connectivity index (χ0v) is 14.3. The van der Waals surface area contributed by atoms with Gasteiger partial charge in [-0.05, 0) is 46.0 Å². The van der Waals surface area contributed by atoms with Crippen LogP contribution >= 0.6 is 0 Å². The summed E-state index contributed by atoms with van der Waals surface area (Å²) >= 11 is 0. The molecule has 0 bridgehead atoms. The number of cyclic esters (lactones) is 2. The monoisotopic (exact) mass is 328 g/mol. The summed E-state index contributed by atoms with van der Waals surface area (Å²) in [5, 5.41) is 2.28. The highest BCUT2D eigenvalue weighted by Crippen LogP contribution is 2.54. The summed E-state index contributed by atoms with van der Waals surface area (Å²) < 4.78 is 4.90. The molecule has 0 atom stereocenters. The highest BCUT2D eigenvalue weighted by molar-refractivity contribution is 6.20. The summed E-state index contributed by atoms with van der Waals surface area (Å²) in [6.45, 7) is 6.45. The molecule has 0 unspecified atom stereocenters. The van der Waals surface area contributed by atoms with Crippen molar-refractivity contribution in [3.05, 3.63) is 70.3 Å². The molecule has 1 aliphatic carbocycles. The maximum Gasteiger partial charge on any atom is 0.347 e. The van der Waals surface area contributed by atoms with E-state index in [9.17, 15) is 9.59 Å². The van der Waals surface area contributed by atoms with Gasteiger partial charge in [-0.1, -0.05) is 50.2 Å². The molecular weight excluding hydrogens is 312 g/mol. The van der Waals surface area contributed by atoms with Gasteiger partial charge in [0, 0.05) is 11.0 Å². The molecule has 5 rings (SSSR count). The predicted molar refractivity (Wildman–Crippen MR) is 96.0 cm³/mol. The quantitative estimate of drug-likeness (QED) is 0.441. The van der Waals surface area contributed by atoms with Gasteiger partial charge in [0.25, 0.3) is 0 Å². The van der Waals surface area contributed by atoms with Gasteiger partial charge >= 0.3 is 11.9 Å². The number of hydrogen-bond acceptors (Lipinski definition) is 3. The third-order valence-electron chi connectivity index (χ3n) is 5.66. The van der Waals surface area contributed by atoms with E-state index in [0.717, 1.165) is 22.1 Å². The second-order valence-electron chi connectivity index (χ2n) is 7.37. The van der Waals surface area contributed by atoms with Gasteiger partial charge in [-0.2, -0.15) is 0 Å². The molecule has 0 amide bonds. The van der Waals surface area contributed by atoms with Gasteiger partial charge in [0.2, 0.25) is 0 Å². The second kappa shape index (κ2) is 4.37. The number of ether oxygens (including phenoxy) is 1. The molecule has 0 spiro atoms. The lowest BCUT2D eigenvalue weighted by Gasteiger charge is -2.22. The van der Waals surface area contributed by atoms with Gasteiger partial charge < -0.3 is 4.74 Å². The number of rotatable bonds is 0. The molecule has 0 aromatic heterocycles. The Labute approximate surface area is 145 Å². The van der Waals surface area contributed by atoms with Crippen LogP contribution in [0.5, 0.6) is 0 Å². The van der Waals surface area contributed by atoms with E-state index in [2.05, 4.69) is 39.0 Å². The number of hydrogen-bond donors (Lipinski definition) is 0. The third-order valence-corrected chi connectivity index (χ3v) is 5.66. The minimum atomic E-state index is -0.550. The van der Waals surface area contributed by atoms with Crippen molar-refractivity contribution in [1.29, 1.82) is 0 Å². The van der Waals surface area contributed by atoms with Crippen molar-refractivity contribution >= 4 is 22.7 Å². The van der Waals surface area contributed by atoms with Crippen LogP contribution in [0.25, 0.3) is 21.9 Å². The van der Waals surface area contributed by atoms with E-state index in [1.807, 2.05) is 18.2 Å². The number of aryl methyl sites for hydroxylation is 1. The van der Waals surface area contributed by atoms with Crippen LogP contribution < -0.4 is 0 Å². The molecule has 3 heteroatoms. The summed E-state index contributed by atoms with van der Waals surface area (Å²) in [6.07, 6.45) is 0. The first-order valence-corrected chi connectivity index (χ1v) is 8.38. The molecule has 1 heterocycles. The lowest BCUT2D eigenvalue weighted by atomic mass is 9.81. The first kappa shape index (κ1) is 14.4. The van der Waals surface area contributed by atoms with Crippen LogP contribution in [0.15, 0.2) is 42.5 Å². The Morgan fingerprint density at radius 3 is 2.28 bits per heavy atom. The number of carbonyl (C=O) groups excluding carboxylic acids is 2. The van der Waals surface area contributed by atoms with Crippen molar-refractivity contribution in [2.75, 3.05) is 0 Å². The molecule has 1 aliphatic heterocycles. The Kier molecular flexibility index (Phi) is 2.52. The van der Waals surface area contributed by atoms with E-state index < -0.39 is 11.9 Å². The summed E-state index contributed by atoms with van der Waals surface area (Å²) in [5.41, 5.74) is 5.96. The molecule has 0 saturated carbocycles. The van der Waals surface area contributed by atoms with Crippen LogP contribution in [0.4, 0.5) is 0 Å². The van der Waals surface area contributed by atoms with Crippen molar-refractivity contribution in [3.8, 4) is 11.1 Å². The van der Waals surface area contributed by atoms with E-state index >= 15 is 0 Å². The van der Waals surface area contributed by atoms with Crippen molar-refractivity contribution in [1.82, 2.24) is 0 Å². The van der Waals surface area contributed by atoms with Crippen LogP contribution in [0.3, 0.4) is 0 Å². The van der Waals surface area contributed by atoms with Gasteiger partial charge in [0.05, 0.1) is 11.1 Å². The largest absolute Gasteiger partial charge is 0.386 e. The smallest absolute Gasteiger partial charge is 0.347 e. The van der Waals surface area contributed by atoms with E-state index in [1.54, 1.807) is 6.07 Å². The summed E-state index contributed by atoms with van der Waals surface area (Å²) in [4.78, 5) is 24.4. The lowest BCUT2D eigenvalue weighted by molar-refractivity contribution is 0.0444. The third kappa shape index (κ3) is 1.60. The topological polar surface area (TPSA) is 43.4 Å². The normalized spacial score (nSPS) is 16.6. The van der Waals surface area contributed by atoms with Gasteiger partial charge in [-0.3, -0.25) is 0 Å². The summed E-state index contributed by atoms with van der Waals surface area (Å²) in [6, 6.07) is 14.1. The maximum atomic E-state index is 12.4. The standard InChI is InChI=1S/C22H16O3/c1-11-10-16-17(13-7-5-4-6-12(11)13)19-15(22(16,2)3)9-8-14-18(19)21(24)25-20(14)23/h4-10H,1-3H3. The molecular formula is C22H16O3. The molecule has 2 aliphatic rings. The fourth-order valence-electron chi connectivity index (χ4n) is 4.42. The molecule has 0 fully saturated rings. The zero-order chi connectivity index (χ0) is 17.5. The molecule has 25 heavy (non-hydrogen) atoms. The Hall–Kier alpha value is -2.94. The van der Waals surface area contributed by atoms with Gasteiger partial charge in [-0.15, -0.1) is 0 Å². The van der Waals surface area contributed by atoms with Crippen LogP contribution in [-0.4, -0.2) is 11.9 Å². The molecule has 3 aromatic rings. The zero-order valence-electron chi connectivity index (χ0n) is 14.3. The van der Waals surface area contributed by atoms with E-state index in [0.29, 0.717) is 11.1 Å². The van der Waals surface area contributed by atoms with E-state index in [1.165, 1.54) is 16.5 Å². The van der Waals surface area contributed by atoms with Crippen molar-refractivity contribution in [2.24, 2.45) is 0 Å². The molecule has 3 nitrogen and oxygen atoms in total.